The predicted molar refractivity (Wildman–Crippen MR) is 141 cm³/mol. The van der Waals surface area contributed by atoms with Crippen molar-refractivity contribution < 1.29 is 31.1 Å². The van der Waals surface area contributed by atoms with Gasteiger partial charge in [0.05, 0.1) is 26.0 Å². The molecule has 1 aliphatic carbocycles. The van der Waals surface area contributed by atoms with Crippen molar-refractivity contribution in [2.75, 3.05) is 6.54 Å². The maximum absolute atomic E-state index is 13.8. The van der Waals surface area contributed by atoms with E-state index in [2.05, 4.69) is 21.2 Å². The van der Waals surface area contributed by atoms with Crippen LogP contribution in [0.3, 0.4) is 0 Å². The quantitative estimate of drug-likeness (QED) is 0.132. The third kappa shape index (κ3) is 7.85. The summed E-state index contributed by atoms with van der Waals surface area (Å²) >= 11 is 26.0. The van der Waals surface area contributed by atoms with Crippen LogP contribution >= 0.6 is 63.0 Å². The Bertz CT molecular complexity index is 1220. The van der Waals surface area contributed by atoms with Gasteiger partial charge in [-0.05, 0) is 48.2 Å². The third-order valence-corrected chi connectivity index (χ3v) is 8.21. The highest BCUT2D eigenvalue weighted by Gasteiger charge is 2.49. The van der Waals surface area contributed by atoms with Gasteiger partial charge in [0.2, 0.25) is 0 Å². The number of hydrogen-bond donors (Lipinski definition) is 1. The zero-order chi connectivity index (χ0) is 27.8. The van der Waals surface area contributed by atoms with Gasteiger partial charge in [-0.15, -0.1) is 0 Å². The SMILES string of the molecule is O=C(CC1(C(=S)NCC(F)(F)F)CC1)c1ccc(/C=C/C(c2cc(Cl)c(Cl)c(Cl)c2)C(F)(F)F)cc1Br. The Kier molecular flexibility index (Phi) is 9.32. The van der Waals surface area contributed by atoms with Crippen molar-refractivity contribution in [1.82, 2.24) is 5.32 Å². The van der Waals surface area contributed by atoms with E-state index in [9.17, 15) is 31.1 Å². The molecule has 13 heteroatoms. The largest absolute Gasteiger partial charge is 0.405 e. The normalized spacial score (nSPS) is 16.1. The lowest BCUT2D eigenvalue weighted by Crippen LogP contribution is -2.38. The Labute approximate surface area is 237 Å². The first-order valence-electron chi connectivity index (χ1n) is 10.6. The van der Waals surface area contributed by atoms with Crippen LogP contribution in [0.1, 0.15) is 46.7 Å². The van der Waals surface area contributed by atoms with Crippen LogP contribution in [0.4, 0.5) is 26.3 Å². The van der Waals surface area contributed by atoms with E-state index in [1.165, 1.54) is 24.3 Å². The fourth-order valence-corrected chi connectivity index (χ4v) is 5.22. The van der Waals surface area contributed by atoms with Crippen LogP contribution in [-0.4, -0.2) is 29.7 Å². The number of benzene rings is 2. The molecule has 2 aromatic carbocycles. The molecule has 1 fully saturated rings. The molecular formula is C24H17BrCl3F6NOS. The van der Waals surface area contributed by atoms with Gasteiger partial charge >= 0.3 is 12.4 Å². The van der Waals surface area contributed by atoms with E-state index in [1.54, 1.807) is 0 Å². The first-order chi connectivity index (χ1) is 17.0. The molecule has 0 aromatic heterocycles. The van der Waals surface area contributed by atoms with Crippen LogP contribution in [0.15, 0.2) is 40.9 Å². The summed E-state index contributed by atoms with van der Waals surface area (Å²) in [5.74, 6) is -2.38. The molecule has 0 spiro atoms. The Morgan fingerprint density at radius 2 is 1.68 bits per heavy atom. The highest BCUT2D eigenvalue weighted by molar-refractivity contribution is 9.10. The molecule has 2 aromatic rings. The van der Waals surface area contributed by atoms with Crippen molar-refractivity contribution in [3.8, 4) is 0 Å². The lowest BCUT2D eigenvalue weighted by Gasteiger charge is -2.19. The molecule has 200 valence electrons. The van der Waals surface area contributed by atoms with Gasteiger partial charge in [-0.1, -0.05) is 81.2 Å². The second kappa shape index (κ2) is 11.4. The van der Waals surface area contributed by atoms with E-state index in [4.69, 9.17) is 47.0 Å². The topological polar surface area (TPSA) is 29.1 Å². The summed E-state index contributed by atoms with van der Waals surface area (Å²) in [6.45, 7) is -1.28. The molecule has 37 heavy (non-hydrogen) atoms. The number of hydrogen-bond acceptors (Lipinski definition) is 2. The van der Waals surface area contributed by atoms with Crippen molar-refractivity contribution in [2.24, 2.45) is 5.41 Å². The van der Waals surface area contributed by atoms with Gasteiger partial charge in [0.25, 0.3) is 0 Å². The van der Waals surface area contributed by atoms with Crippen molar-refractivity contribution in [2.45, 2.75) is 37.5 Å². The molecule has 0 heterocycles. The molecular weight excluding hydrogens is 651 g/mol. The second-order valence-corrected chi connectivity index (χ2v) is 11.0. The first kappa shape index (κ1) is 30.2. The van der Waals surface area contributed by atoms with Crippen LogP contribution < -0.4 is 5.32 Å². The van der Waals surface area contributed by atoms with E-state index >= 15 is 0 Å². The van der Waals surface area contributed by atoms with Gasteiger partial charge < -0.3 is 5.32 Å². The van der Waals surface area contributed by atoms with Gasteiger partial charge in [0, 0.05) is 21.9 Å². The van der Waals surface area contributed by atoms with Crippen molar-refractivity contribution in [1.29, 1.82) is 0 Å². The molecule has 3 rings (SSSR count). The molecule has 1 unspecified atom stereocenters. The fourth-order valence-electron chi connectivity index (χ4n) is 3.64. The standard InChI is InChI=1S/C24H17BrCl3F6NOS/c25-16-7-12(2-4-15(24(32,33)34)13-8-17(26)20(28)18(27)9-13)1-3-14(16)19(36)10-22(5-6-22)21(37)35-11-23(29,30)31/h1-4,7-9,15H,5-6,10-11H2,(H,35,37)/b4-2+. The van der Waals surface area contributed by atoms with Gasteiger partial charge in [-0.25, -0.2) is 0 Å². The van der Waals surface area contributed by atoms with Crippen LogP contribution in [0.25, 0.3) is 6.08 Å². The smallest absolute Gasteiger partial charge is 0.371 e. The average Bonchev–Trinajstić information content (AvgIpc) is 3.55. The predicted octanol–water partition coefficient (Wildman–Crippen LogP) is 9.60. The van der Waals surface area contributed by atoms with Gasteiger partial charge in [-0.2, -0.15) is 26.3 Å². The summed E-state index contributed by atoms with van der Waals surface area (Å²) in [6.07, 6.45) is -6.03. The van der Waals surface area contributed by atoms with E-state index in [0.29, 0.717) is 22.9 Å². The zero-order valence-corrected chi connectivity index (χ0v) is 23.2. The number of Topliss-reactive ketones (excluding diaryl/α,β-unsaturated/α-hetero) is 1. The number of rotatable bonds is 8. The number of carbonyl (C=O) groups is 1. The maximum atomic E-state index is 13.8. The van der Waals surface area contributed by atoms with E-state index < -0.39 is 30.2 Å². The lowest BCUT2D eigenvalue weighted by molar-refractivity contribution is -0.139. The number of nitrogens with one attached hydrogen (secondary N) is 1. The third-order valence-electron chi connectivity index (χ3n) is 5.78. The fraction of sp³-hybridized carbons (Fsp3) is 0.333. The summed E-state index contributed by atoms with van der Waals surface area (Å²) in [4.78, 5) is 12.9. The zero-order valence-electron chi connectivity index (χ0n) is 18.5. The molecule has 0 bridgehead atoms. The number of ketones is 1. The molecule has 1 atom stereocenters. The number of thiocarbonyl (C=S) groups is 1. The summed E-state index contributed by atoms with van der Waals surface area (Å²) in [5.41, 5.74) is -0.409. The Morgan fingerprint density at radius 1 is 1.08 bits per heavy atom. The molecule has 0 aliphatic heterocycles. The summed E-state index contributed by atoms with van der Waals surface area (Å²) in [7, 11) is 0. The Hall–Kier alpha value is -1.33. The Balaban J connectivity index is 1.76. The highest BCUT2D eigenvalue weighted by Crippen LogP contribution is 2.50. The number of allylic oxidation sites excluding steroid dienone is 1. The molecule has 2 nitrogen and oxygen atoms in total. The lowest BCUT2D eigenvalue weighted by atomic mass is 9.94. The van der Waals surface area contributed by atoms with E-state index in [0.717, 1.165) is 18.2 Å². The number of halogens is 10. The average molecular weight is 668 g/mol. The van der Waals surface area contributed by atoms with Gasteiger partial charge in [-0.3, -0.25) is 4.79 Å². The van der Waals surface area contributed by atoms with Crippen LogP contribution in [0.2, 0.25) is 15.1 Å². The minimum absolute atomic E-state index is 0.00514. The minimum atomic E-state index is -4.65. The molecule has 1 N–H and O–H groups in total. The van der Waals surface area contributed by atoms with Crippen molar-refractivity contribution in [3.05, 3.63) is 72.6 Å². The molecule has 1 aliphatic rings. The van der Waals surface area contributed by atoms with Gasteiger partial charge in [0.15, 0.2) is 5.78 Å². The summed E-state index contributed by atoms with van der Waals surface area (Å²) < 4.78 is 79.1. The Morgan fingerprint density at radius 3 is 2.16 bits per heavy atom. The summed E-state index contributed by atoms with van der Waals surface area (Å²) in [5, 5.41) is 1.91. The highest BCUT2D eigenvalue weighted by atomic mass is 79.9. The monoisotopic (exact) mass is 665 g/mol. The van der Waals surface area contributed by atoms with Crippen LogP contribution in [-0.2, 0) is 0 Å². The number of carbonyl (C=O) groups excluding carboxylic acids is 1. The van der Waals surface area contributed by atoms with Gasteiger partial charge in [0.1, 0.15) is 6.54 Å². The van der Waals surface area contributed by atoms with Crippen LogP contribution in [0.5, 0.6) is 0 Å². The molecule has 0 radical (unpaired) electrons. The second-order valence-electron chi connectivity index (χ2n) is 8.59. The van der Waals surface area contributed by atoms with E-state index in [1.807, 2.05) is 0 Å². The van der Waals surface area contributed by atoms with E-state index in [-0.39, 0.29) is 43.4 Å². The van der Waals surface area contributed by atoms with Crippen molar-refractivity contribution in [3.63, 3.8) is 0 Å². The van der Waals surface area contributed by atoms with Crippen LogP contribution in [0, 0.1) is 5.41 Å². The maximum Gasteiger partial charge on any atom is 0.405 e. The minimum Gasteiger partial charge on any atom is -0.371 e. The first-order valence-corrected chi connectivity index (χ1v) is 12.9. The molecule has 0 amide bonds. The molecule has 0 saturated heterocycles. The number of alkyl halides is 6. The summed E-state index contributed by atoms with van der Waals surface area (Å²) in [6, 6.07) is 6.56. The van der Waals surface area contributed by atoms with Crippen molar-refractivity contribution >= 4 is 79.8 Å². The molecule has 1 saturated carbocycles.